The summed E-state index contributed by atoms with van der Waals surface area (Å²) in [5.74, 6) is -0.169. The predicted octanol–water partition coefficient (Wildman–Crippen LogP) is 2.77. The van der Waals surface area contributed by atoms with E-state index in [4.69, 9.17) is 0 Å². The summed E-state index contributed by atoms with van der Waals surface area (Å²) in [4.78, 5) is 20.7. The van der Waals surface area contributed by atoms with Gasteiger partial charge in [-0.25, -0.2) is 4.98 Å². The van der Waals surface area contributed by atoms with Crippen molar-refractivity contribution in [2.24, 2.45) is 0 Å². The van der Waals surface area contributed by atoms with Gasteiger partial charge in [-0.15, -0.1) is 11.3 Å². The molecule has 2 heterocycles. The molecule has 0 saturated heterocycles. The molecule has 0 aliphatic rings. The van der Waals surface area contributed by atoms with Crippen LogP contribution in [-0.2, 0) is 0 Å². The largest absolute Gasteiger partial charge is 0.365 e. The van der Waals surface area contributed by atoms with Gasteiger partial charge >= 0.3 is 0 Å². The van der Waals surface area contributed by atoms with E-state index < -0.39 is 0 Å². The van der Waals surface area contributed by atoms with Gasteiger partial charge < -0.3 is 10.6 Å². The van der Waals surface area contributed by atoms with Crippen LogP contribution in [0.2, 0.25) is 0 Å². The molecule has 2 aromatic rings. The van der Waals surface area contributed by atoms with Crippen LogP contribution in [0, 0.1) is 6.92 Å². The van der Waals surface area contributed by atoms with Gasteiger partial charge in [0, 0.05) is 18.6 Å². The number of pyridine rings is 1. The Labute approximate surface area is 122 Å². The lowest BCUT2D eigenvalue weighted by atomic mass is 10.1. The molecule has 0 aromatic carbocycles. The molecule has 2 rings (SSSR count). The van der Waals surface area contributed by atoms with E-state index in [0.717, 1.165) is 22.8 Å². The number of nitrogens with one attached hydrogen (secondary N) is 2. The zero-order valence-electron chi connectivity index (χ0n) is 11.8. The van der Waals surface area contributed by atoms with Crippen LogP contribution < -0.4 is 10.6 Å². The van der Waals surface area contributed by atoms with Gasteiger partial charge in [-0.3, -0.25) is 9.78 Å². The molecule has 0 saturated carbocycles. The Morgan fingerprint density at radius 1 is 1.45 bits per heavy atom. The van der Waals surface area contributed by atoms with Crippen molar-refractivity contribution in [2.75, 3.05) is 12.4 Å². The third-order valence-electron chi connectivity index (χ3n) is 2.96. The number of anilines is 1. The van der Waals surface area contributed by atoms with E-state index in [2.05, 4.69) is 20.6 Å². The number of carbonyl (C=O) groups is 1. The van der Waals surface area contributed by atoms with E-state index in [9.17, 15) is 4.79 Å². The summed E-state index contributed by atoms with van der Waals surface area (Å²) in [5, 5.41) is 8.37. The molecule has 1 atom stereocenters. The quantitative estimate of drug-likeness (QED) is 0.888. The lowest BCUT2D eigenvalue weighted by Gasteiger charge is -2.15. The van der Waals surface area contributed by atoms with E-state index >= 15 is 0 Å². The Morgan fingerprint density at radius 2 is 2.25 bits per heavy atom. The van der Waals surface area contributed by atoms with E-state index in [-0.39, 0.29) is 11.9 Å². The van der Waals surface area contributed by atoms with Crippen molar-refractivity contribution in [1.82, 2.24) is 15.3 Å². The summed E-state index contributed by atoms with van der Waals surface area (Å²) in [6.45, 7) is 4.01. The Bertz CT molecular complexity index is 579. The van der Waals surface area contributed by atoms with Crippen molar-refractivity contribution in [3.63, 3.8) is 0 Å². The molecule has 1 amide bonds. The lowest BCUT2D eigenvalue weighted by Crippen LogP contribution is -2.29. The summed E-state index contributed by atoms with van der Waals surface area (Å²) in [7, 11) is 1.78. The highest BCUT2D eigenvalue weighted by Gasteiger charge is 2.17. The van der Waals surface area contributed by atoms with Gasteiger partial charge in [0.1, 0.15) is 5.69 Å². The number of thiazole rings is 1. The van der Waals surface area contributed by atoms with Gasteiger partial charge in [0.15, 0.2) is 5.13 Å². The van der Waals surface area contributed by atoms with E-state index in [1.54, 1.807) is 12.4 Å². The van der Waals surface area contributed by atoms with Crippen LogP contribution in [-0.4, -0.2) is 22.9 Å². The van der Waals surface area contributed by atoms with Crippen LogP contribution >= 0.6 is 11.3 Å². The second-order valence-electron chi connectivity index (χ2n) is 4.48. The standard InChI is InChI=1S/C14H18N4OS/c1-4-10(11-6-5-9(2)7-16-11)17-13(19)12-8-20-14(15-3)18-12/h5-8,10H,4H2,1-3H3,(H,15,18)(H,17,19)/t10-/m1/s1. The van der Waals surface area contributed by atoms with Crippen LogP contribution in [0.4, 0.5) is 5.13 Å². The van der Waals surface area contributed by atoms with Crippen molar-refractivity contribution in [3.8, 4) is 0 Å². The maximum absolute atomic E-state index is 12.2. The fourth-order valence-corrected chi connectivity index (χ4v) is 2.45. The number of amides is 1. The van der Waals surface area contributed by atoms with Crippen molar-refractivity contribution < 1.29 is 4.79 Å². The molecule has 0 aliphatic carbocycles. The highest BCUT2D eigenvalue weighted by molar-refractivity contribution is 7.13. The molecule has 20 heavy (non-hydrogen) atoms. The molecule has 0 bridgehead atoms. The maximum Gasteiger partial charge on any atom is 0.271 e. The Kier molecular flexibility index (Phi) is 4.68. The molecule has 5 nitrogen and oxygen atoms in total. The third-order valence-corrected chi connectivity index (χ3v) is 3.82. The second kappa shape index (κ2) is 6.47. The number of aromatic nitrogens is 2. The molecule has 0 unspecified atom stereocenters. The monoisotopic (exact) mass is 290 g/mol. The van der Waals surface area contributed by atoms with E-state index in [1.165, 1.54) is 11.3 Å². The van der Waals surface area contributed by atoms with Crippen LogP contribution in [0.15, 0.2) is 23.7 Å². The first-order valence-electron chi connectivity index (χ1n) is 6.50. The Balaban J connectivity index is 2.09. The zero-order chi connectivity index (χ0) is 14.5. The van der Waals surface area contributed by atoms with Gasteiger partial charge in [0.2, 0.25) is 0 Å². The molecular formula is C14H18N4OS. The van der Waals surface area contributed by atoms with Crippen molar-refractivity contribution >= 4 is 22.4 Å². The average Bonchev–Trinajstić information content (AvgIpc) is 2.94. The fourth-order valence-electron chi connectivity index (χ4n) is 1.80. The molecular weight excluding hydrogens is 272 g/mol. The van der Waals surface area contributed by atoms with Crippen molar-refractivity contribution in [2.45, 2.75) is 26.3 Å². The minimum atomic E-state index is -0.169. The molecule has 0 radical (unpaired) electrons. The van der Waals surface area contributed by atoms with Gasteiger partial charge in [0.25, 0.3) is 5.91 Å². The molecule has 0 aliphatic heterocycles. The van der Waals surface area contributed by atoms with Crippen molar-refractivity contribution in [1.29, 1.82) is 0 Å². The first kappa shape index (κ1) is 14.5. The summed E-state index contributed by atoms with van der Waals surface area (Å²) < 4.78 is 0. The minimum absolute atomic E-state index is 0.0946. The summed E-state index contributed by atoms with van der Waals surface area (Å²) in [6.07, 6.45) is 2.59. The average molecular weight is 290 g/mol. The second-order valence-corrected chi connectivity index (χ2v) is 5.34. The van der Waals surface area contributed by atoms with Crippen molar-refractivity contribution in [3.05, 3.63) is 40.7 Å². The lowest BCUT2D eigenvalue weighted by molar-refractivity contribution is 0.0930. The third kappa shape index (κ3) is 3.33. The number of carbonyl (C=O) groups excluding carboxylic acids is 1. The molecule has 2 aromatic heterocycles. The van der Waals surface area contributed by atoms with Crippen LogP contribution in [0.25, 0.3) is 0 Å². The van der Waals surface area contributed by atoms with Gasteiger partial charge in [0.05, 0.1) is 11.7 Å². The summed E-state index contributed by atoms with van der Waals surface area (Å²) in [5.41, 5.74) is 2.41. The van der Waals surface area contributed by atoms with Crippen LogP contribution in [0.1, 0.15) is 41.1 Å². The molecule has 0 fully saturated rings. The number of hydrogen-bond acceptors (Lipinski definition) is 5. The topological polar surface area (TPSA) is 66.9 Å². The summed E-state index contributed by atoms with van der Waals surface area (Å²) in [6, 6.07) is 3.85. The maximum atomic E-state index is 12.2. The van der Waals surface area contributed by atoms with E-state index in [1.807, 2.05) is 32.2 Å². The first-order valence-corrected chi connectivity index (χ1v) is 7.38. The molecule has 6 heteroatoms. The van der Waals surface area contributed by atoms with Crippen LogP contribution in [0.5, 0.6) is 0 Å². The highest BCUT2D eigenvalue weighted by Crippen LogP contribution is 2.18. The molecule has 106 valence electrons. The normalized spacial score (nSPS) is 11.9. The number of rotatable bonds is 5. The van der Waals surface area contributed by atoms with E-state index in [0.29, 0.717) is 5.69 Å². The molecule has 0 spiro atoms. The number of nitrogens with zero attached hydrogens (tertiary/aromatic N) is 2. The predicted molar refractivity (Wildman–Crippen MR) is 81.1 cm³/mol. The Hall–Kier alpha value is -1.95. The number of aryl methyl sites for hydroxylation is 1. The zero-order valence-corrected chi connectivity index (χ0v) is 12.6. The Morgan fingerprint density at radius 3 is 2.80 bits per heavy atom. The molecule has 2 N–H and O–H groups in total. The van der Waals surface area contributed by atoms with Gasteiger partial charge in [-0.1, -0.05) is 13.0 Å². The minimum Gasteiger partial charge on any atom is -0.365 e. The first-order chi connectivity index (χ1) is 9.63. The number of hydrogen-bond donors (Lipinski definition) is 2. The van der Waals surface area contributed by atoms with Crippen LogP contribution in [0.3, 0.4) is 0 Å². The fraction of sp³-hybridized carbons (Fsp3) is 0.357. The smallest absolute Gasteiger partial charge is 0.271 e. The summed E-state index contributed by atoms with van der Waals surface area (Å²) >= 11 is 1.41. The van der Waals surface area contributed by atoms with Gasteiger partial charge in [-0.2, -0.15) is 0 Å². The highest BCUT2D eigenvalue weighted by atomic mass is 32.1. The SMILES string of the molecule is CC[C@@H](NC(=O)c1csc(NC)n1)c1ccc(C)cn1. The van der Waals surface area contributed by atoms with Gasteiger partial charge in [-0.05, 0) is 25.0 Å².